The number of carbonyl (C=O) groups is 1. The highest BCUT2D eigenvalue weighted by atomic mass is 19.1. The highest BCUT2D eigenvalue weighted by Crippen LogP contribution is 2.13. The van der Waals surface area contributed by atoms with E-state index in [1.54, 1.807) is 19.1 Å². The number of amides is 1. The number of nitrogens with zero attached hydrogens (tertiary/aromatic N) is 1. The molecule has 1 amide bonds. The predicted octanol–water partition coefficient (Wildman–Crippen LogP) is 2.98. The number of hydrogen-bond acceptors (Lipinski definition) is 3. The second-order valence-corrected chi connectivity index (χ2v) is 5.11. The van der Waals surface area contributed by atoms with Gasteiger partial charge in [0, 0.05) is 11.9 Å². The highest BCUT2D eigenvalue weighted by Gasteiger charge is 2.17. The Balaban J connectivity index is 2.16. The first-order valence-electron chi connectivity index (χ1n) is 7.43. The summed E-state index contributed by atoms with van der Waals surface area (Å²) in [6, 6.07) is 7.95. The largest absolute Gasteiger partial charge is 0.488 e. The van der Waals surface area contributed by atoms with Gasteiger partial charge in [-0.05, 0) is 49.7 Å². The van der Waals surface area contributed by atoms with Crippen molar-refractivity contribution in [2.45, 2.75) is 26.3 Å². The zero-order valence-electron chi connectivity index (χ0n) is 13.1. The molecule has 5 nitrogen and oxygen atoms in total. The monoisotopic (exact) mass is 318 g/mol. The van der Waals surface area contributed by atoms with E-state index in [-0.39, 0.29) is 23.0 Å². The topological polar surface area (TPSA) is 60.3 Å². The number of pyridine rings is 1. The average molecular weight is 318 g/mol. The van der Waals surface area contributed by atoms with Crippen LogP contribution >= 0.6 is 0 Å². The minimum Gasteiger partial charge on any atom is -0.488 e. The molecule has 6 heteroatoms. The summed E-state index contributed by atoms with van der Waals surface area (Å²) in [6.45, 7) is 4.00. The summed E-state index contributed by atoms with van der Waals surface area (Å²) in [5, 5.41) is 2.65. The van der Waals surface area contributed by atoms with Gasteiger partial charge in [0.2, 0.25) is 5.91 Å². The molecule has 0 bridgehead atoms. The average Bonchev–Trinajstić information content (AvgIpc) is 2.55. The van der Waals surface area contributed by atoms with Crippen LogP contribution in [0.15, 0.2) is 47.4 Å². The minimum atomic E-state index is -0.724. The van der Waals surface area contributed by atoms with Gasteiger partial charge in [-0.1, -0.05) is 6.92 Å². The summed E-state index contributed by atoms with van der Waals surface area (Å²) in [7, 11) is 0. The molecule has 2 rings (SSSR count). The smallest absolute Gasteiger partial charge is 0.293 e. The fourth-order valence-electron chi connectivity index (χ4n) is 2.02. The van der Waals surface area contributed by atoms with Crippen molar-refractivity contribution in [2.75, 3.05) is 11.9 Å². The van der Waals surface area contributed by atoms with Crippen molar-refractivity contribution in [3.8, 4) is 5.75 Å². The van der Waals surface area contributed by atoms with Crippen molar-refractivity contribution in [2.24, 2.45) is 0 Å². The number of benzene rings is 1. The predicted molar refractivity (Wildman–Crippen MR) is 86.2 cm³/mol. The zero-order valence-corrected chi connectivity index (χ0v) is 13.1. The summed E-state index contributed by atoms with van der Waals surface area (Å²) >= 11 is 0. The highest BCUT2D eigenvalue weighted by molar-refractivity contribution is 5.93. The van der Waals surface area contributed by atoms with E-state index in [0.717, 1.165) is 6.42 Å². The quantitative estimate of drug-likeness (QED) is 0.891. The van der Waals surface area contributed by atoms with Crippen molar-refractivity contribution in [3.05, 3.63) is 58.8 Å². The van der Waals surface area contributed by atoms with E-state index in [1.165, 1.54) is 35.0 Å². The van der Waals surface area contributed by atoms with Gasteiger partial charge in [0.15, 0.2) is 5.75 Å². The summed E-state index contributed by atoms with van der Waals surface area (Å²) in [4.78, 5) is 24.6. The Hall–Kier alpha value is -2.63. The molecule has 1 aromatic heterocycles. The van der Waals surface area contributed by atoms with Gasteiger partial charge in [-0.15, -0.1) is 0 Å². The molecule has 0 radical (unpaired) electrons. The van der Waals surface area contributed by atoms with Crippen LogP contribution in [-0.4, -0.2) is 17.1 Å². The van der Waals surface area contributed by atoms with Crippen LogP contribution in [0.5, 0.6) is 5.75 Å². The van der Waals surface area contributed by atoms with Crippen LogP contribution in [0.1, 0.15) is 26.3 Å². The Morgan fingerprint density at radius 1 is 1.30 bits per heavy atom. The molecule has 1 N–H and O–H groups in total. The van der Waals surface area contributed by atoms with Gasteiger partial charge in [0.1, 0.15) is 11.9 Å². The van der Waals surface area contributed by atoms with Crippen molar-refractivity contribution >= 4 is 11.6 Å². The molecule has 0 spiro atoms. The number of anilines is 1. The summed E-state index contributed by atoms with van der Waals surface area (Å²) in [5.41, 5.74) is 0.109. The van der Waals surface area contributed by atoms with Gasteiger partial charge in [-0.3, -0.25) is 9.59 Å². The van der Waals surface area contributed by atoms with E-state index in [0.29, 0.717) is 12.3 Å². The molecule has 1 aromatic carbocycles. The lowest BCUT2D eigenvalue weighted by Gasteiger charge is -2.16. The van der Waals surface area contributed by atoms with Crippen LogP contribution < -0.4 is 15.6 Å². The number of rotatable bonds is 6. The number of carbonyl (C=O) groups excluding carboxylic acids is 1. The van der Waals surface area contributed by atoms with Gasteiger partial charge < -0.3 is 14.6 Å². The molecular formula is C17H19FN2O3. The Bertz CT molecular complexity index is 725. The fourth-order valence-corrected chi connectivity index (χ4v) is 2.02. The molecule has 1 atom stereocenters. The van der Waals surface area contributed by atoms with E-state index in [4.69, 9.17) is 4.74 Å². The first-order chi connectivity index (χ1) is 11.0. The third-order valence-electron chi connectivity index (χ3n) is 3.31. The van der Waals surface area contributed by atoms with Gasteiger partial charge in [-0.2, -0.15) is 0 Å². The number of aromatic nitrogens is 1. The maximum Gasteiger partial charge on any atom is 0.293 e. The maximum absolute atomic E-state index is 12.9. The van der Waals surface area contributed by atoms with Crippen LogP contribution in [0.4, 0.5) is 10.1 Å². The van der Waals surface area contributed by atoms with E-state index in [1.807, 2.05) is 6.92 Å². The SMILES string of the molecule is CCCOc1cccn(C(C)C(=O)Nc2ccc(F)cc2)c1=O. The molecule has 2 aromatic rings. The number of ether oxygens (including phenoxy) is 1. The number of nitrogens with one attached hydrogen (secondary N) is 1. The Morgan fingerprint density at radius 2 is 2.00 bits per heavy atom. The molecular weight excluding hydrogens is 299 g/mol. The zero-order chi connectivity index (χ0) is 16.8. The molecule has 0 fully saturated rings. The molecule has 122 valence electrons. The van der Waals surface area contributed by atoms with E-state index in [2.05, 4.69) is 5.32 Å². The molecule has 0 saturated heterocycles. The molecule has 0 aliphatic rings. The number of hydrogen-bond donors (Lipinski definition) is 1. The Kier molecular flexibility index (Phi) is 5.51. The molecule has 1 heterocycles. The summed E-state index contributed by atoms with van der Waals surface area (Å²) < 4.78 is 19.6. The molecule has 0 aliphatic carbocycles. The Morgan fingerprint density at radius 3 is 2.65 bits per heavy atom. The summed E-state index contributed by atoms with van der Waals surface area (Å²) in [6.07, 6.45) is 2.32. The van der Waals surface area contributed by atoms with Crippen molar-refractivity contribution in [3.63, 3.8) is 0 Å². The molecule has 0 aliphatic heterocycles. The van der Waals surface area contributed by atoms with Crippen molar-refractivity contribution < 1.29 is 13.9 Å². The third-order valence-corrected chi connectivity index (χ3v) is 3.31. The van der Waals surface area contributed by atoms with Gasteiger partial charge >= 0.3 is 0 Å². The van der Waals surface area contributed by atoms with Crippen LogP contribution in [0, 0.1) is 5.82 Å². The lowest BCUT2D eigenvalue weighted by atomic mass is 10.2. The minimum absolute atomic E-state index is 0.218. The van der Waals surface area contributed by atoms with Crippen LogP contribution in [0.2, 0.25) is 0 Å². The first-order valence-corrected chi connectivity index (χ1v) is 7.43. The van der Waals surface area contributed by atoms with Crippen LogP contribution in [0.3, 0.4) is 0 Å². The molecule has 23 heavy (non-hydrogen) atoms. The van der Waals surface area contributed by atoms with Crippen LogP contribution in [-0.2, 0) is 4.79 Å². The van der Waals surface area contributed by atoms with Crippen molar-refractivity contribution in [1.29, 1.82) is 0 Å². The van der Waals surface area contributed by atoms with E-state index < -0.39 is 6.04 Å². The van der Waals surface area contributed by atoms with E-state index in [9.17, 15) is 14.0 Å². The van der Waals surface area contributed by atoms with E-state index >= 15 is 0 Å². The van der Waals surface area contributed by atoms with Gasteiger partial charge in [0.05, 0.1) is 6.61 Å². The second-order valence-electron chi connectivity index (χ2n) is 5.11. The third kappa shape index (κ3) is 4.18. The van der Waals surface area contributed by atoms with Gasteiger partial charge in [-0.25, -0.2) is 4.39 Å². The standard InChI is InChI=1S/C17H19FN2O3/c1-3-11-23-15-5-4-10-20(17(15)22)12(2)16(21)19-14-8-6-13(18)7-9-14/h4-10,12H,3,11H2,1-2H3,(H,19,21). The molecule has 0 saturated carbocycles. The lowest BCUT2D eigenvalue weighted by Crippen LogP contribution is -2.31. The lowest BCUT2D eigenvalue weighted by molar-refractivity contribution is -0.118. The first kappa shape index (κ1) is 16.7. The van der Waals surface area contributed by atoms with Crippen LogP contribution in [0.25, 0.3) is 0 Å². The molecule has 1 unspecified atom stereocenters. The Labute approximate surface area is 133 Å². The number of halogens is 1. The van der Waals surface area contributed by atoms with Gasteiger partial charge in [0.25, 0.3) is 5.56 Å². The van der Waals surface area contributed by atoms with Crippen molar-refractivity contribution in [1.82, 2.24) is 4.57 Å². The fraction of sp³-hybridized carbons (Fsp3) is 0.294. The normalized spacial score (nSPS) is 11.8. The second kappa shape index (κ2) is 7.58. The summed E-state index contributed by atoms with van der Waals surface area (Å²) in [5.74, 6) is -0.532. The maximum atomic E-state index is 12.9.